The van der Waals surface area contributed by atoms with Crippen molar-refractivity contribution in [1.82, 2.24) is 4.98 Å². The molecule has 0 atom stereocenters. The van der Waals surface area contributed by atoms with Crippen molar-refractivity contribution >= 4 is 23.5 Å². The Morgan fingerprint density at radius 2 is 1.55 bits per heavy atom. The highest BCUT2D eigenvalue weighted by molar-refractivity contribution is 6.30. The lowest BCUT2D eigenvalue weighted by molar-refractivity contribution is 0.0695. The summed E-state index contributed by atoms with van der Waals surface area (Å²) in [6.45, 7) is 0. The number of carbonyl (C=O) groups is 2. The number of benzene rings is 1. The summed E-state index contributed by atoms with van der Waals surface area (Å²) in [4.78, 5) is 36.0. The van der Waals surface area contributed by atoms with E-state index in [4.69, 9.17) is 21.8 Å². The minimum Gasteiger partial charge on any atom is -0.478 e. The van der Waals surface area contributed by atoms with Crippen LogP contribution >= 0.6 is 11.6 Å². The van der Waals surface area contributed by atoms with Crippen molar-refractivity contribution in [3.63, 3.8) is 0 Å². The van der Waals surface area contributed by atoms with Gasteiger partial charge in [0, 0.05) is 5.02 Å². The van der Waals surface area contributed by atoms with Gasteiger partial charge in [0.2, 0.25) is 0 Å². The summed E-state index contributed by atoms with van der Waals surface area (Å²) in [6, 6.07) is 6.96. The first-order chi connectivity index (χ1) is 9.40. The predicted molar refractivity (Wildman–Crippen MR) is 71.4 cm³/mol. The second kappa shape index (κ2) is 5.18. The van der Waals surface area contributed by atoms with Gasteiger partial charge >= 0.3 is 11.9 Å². The first-order valence-electron chi connectivity index (χ1n) is 5.40. The molecule has 1 aromatic carbocycles. The molecule has 0 unspecified atom stereocenters. The first-order valence-corrected chi connectivity index (χ1v) is 5.78. The fraction of sp³-hybridized carbons (Fsp3) is 0. The zero-order valence-corrected chi connectivity index (χ0v) is 10.6. The smallest absolute Gasteiger partial charge is 0.341 e. The van der Waals surface area contributed by atoms with Gasteiger partial charge in [0.1, 0.15) is 5.56 Å². The Morgan fingerprint density at radius 3 is 2.05 bits per heavy atom. The van der Waals surface area contributed by atoms with Crippen LogP contribution in [-0.4, -0.2) is 27.1 Å². The molecule has 1 aromatic heterocycles. The van der Waals surface area contributed by atoms with Gasteiger partial charge in [-0.05, 0) is 23.8 Å². The molecule has 0 aliphatic carbocycles. The lowest BCUT2D eigenvalue weighted by atomic mass is 10.0. The Morgan fingerprint density at radius 1 is 1.00 bits per heavy atom. The number of aromatic carboxylic acids is 2. The van der Waals surface area contributed by atoms with Gasteiger partial charge in [-0.1, -0.05) is 23.7 Å². The molecule has 0 radical (unpaired) electrons. The second-order valence-corrected chi connectivity index (χ2v) is 4.35. The molecule has 0 amide bonds. The van der Waals surface area contributed by atoms with Crippen LogP contribution < -0.4 is 5.56 Å². The predicted octanol–water partition coefficient (Wildman–Crippen LogP) is 2.09. The average Bonchev–Trinajstić information content (AvgIpc) is 2.38. The summed E-state index contributed by atoms with van der Waals surface area (Å²) < 4.78 is 0. The number of H-pyrrole nitrogens is 1. The SMILES string of the molecule is O=C(O)c1cc(C(=O)O)c(=O)[nH]c1-c1ccc(Cl)cc1. The van der Waals surface area contributed by atoms with Crippen LogP contribution in [0.5, 0.6) is 0 Å². The van der Waals surface area contributed by atoms with Crippen molar-refractivity contribution < 1.29 is 19.8 Å². The van der Waals surface area contributed by atoms with Crippen molar-refractivity contribution in [3.8, 4) is 11.3 Å². The molecule has 2 rings (SSSR count). The van der Waals surface area contributed by atoms with Crippen LogP contribution in [-0.2, 0) is 0 Å². The zero-order chi connectivity index (χ0) is 14.9. The fourth-order valence-electron chi connectivity index (χ4n) is 1.70. The molecule has 102 valence electrons. The van der Waals surface area contributed by atoms with E-state index in [-0.39, 0.29) is 11.3 Å². The van der Waals surface area contributed by atoms with Crippen LogP contribution in [0.15, 0.2) is 35.1 Å². The van der Waals surface area contributed by atoms with E-state index < -0.39 is 23.1 Å². The van der Waals surface area contributed by atoms with Crippen LogP contribution in [0.25, 0.3) is 11.3 Å². The summed E-state index contributed by atoms with van der Waals surface area (Å²) in [6.07, 6.45) is 0. The Bertz CT molecular complexity index is 748. The second-order valence-electron chi connectivity index (χ2n) is 3.92. The molecule has 1 heterocycles. The van der Waals surface area contributed by atoms with Crippen molar-refractivity contribution in [1.29, 1.82) is 0 Å². The van der Waals surface area contributed by atoms with E-state index in [9.17, 15) is 14.4 Å². The van der Waals surface area contributed by atoms with E-state index in [1.54, 1.807) is 0 Å². The van der Waals surface area contributed by atoms with Crippen molar-refractivity contribution in [2.24, 2.45) is 0 Å². The summed E-state index contributed by atoms with van der Waals surface area (Å²) in [7, 11) is 0. The van der Waals surface area contributed by atoms with E-state index >= 15 is 0 Å². The maximum atomic E-state index is 11.6. The number of hydrogen-bond donors (Lipinski definition) is 3. The average molecular weight is 294 g/mol. The van der Waals surface area contributed by atoms with E-state index in [1.165, 1.54) is 24.3 Å². The van der Waals surface area contributed by atoms with Gasteiger partial charge in [-0.25, -0.2) is 9.59 Å². The van der Waals surface area contributed by atoms with Gasteiger partial charge in [0.15, 0.2) is 0 Å². The molecule has 0 saturated carbocycles. The molecule has 0 fully saturated rings. The number of nitrogens with one attached hydrogen (secondary N) is 1. The fourth-order valence-corrected chi connectivity index (χ4v) is 1.83. The van der Waals surface area contributed by atoms with Gasteiger partial charge in [0.05, 0.1) is 11.3 Å². The number of rotatable bonds is 3. The van der Waals surface area contributed by atoms with Crippen LogP contribution in [0.4, 0.5) is 0 Å². The van der Waals surface area contributed by atoms with E-state index in [0.717, 1.165) is 6.07 Å². The molecule has 0 aliphatic rings. The molecule has 2 aromatic rings. The Hall–Kier alpha value is -2.60. The number of halogens is 1. The summed E-state index contributed by atoms with van der Waals surface area (Å²) in [5.41, 5.74) is -1.35. The van der Waals surface area contributed by atoms with Gasteiger partial charge in [-0.15, -0.1) is 0 Å². The molecule has 20 heavy (non-hydrogen) atoms. The Labute approximate surface area is 117 Å². The minimum absolute atomic E-state index is 0.0316. The maximum absolute atomic E-state index is 11.6. The highest BCUT2D eigenvalue weighted by Gasteiger charge is 2.19. The van der Waals surface area contributed by atoms with Crippen LogP contribution in [0.1, 0.15) is 20.7 Å². The zero-order valence-electron chi connectivity index (χ0n) is 9.88. The quantitative estimate of drug-likeness (QED) is 0.803. The van der Waals surface area contributed by atoms with E-state index in [0.29, 0.717) is 10.6 Å². The minimum atomic E-state index is -1.49. The standard InChI is InChI=1S/C13H8ClNO5/c14-7-3-1-6(2-4-7)10-8(12(17)18)5-9(13(19)20)11(16)15-10/h1-5H,(H,15,16)(H,17,18)(H,19,20). The van der Waals surface area contributed by atoms with E-state index in [1.807, 2.05) is 0 Å². The Kier molecular flexibility index (Phi) is 3.58. The van der Waals surface area contributed by atoms with Crippen LogP contribution in [0.2, 0.25) is 5.02 Å². The summed E-state index contributed by atoms with van der Waals surface area (Å²) >= 11 is 5.73. The molecule has 3 N–H and O–H groups in total. The highest BCUT2D eigenvalue weighted by atomic mass is 35.5. The lowest BCUT2D eigenvalue weighted by Crippen LogP contribution is -2.20. The molecule has 0 aliphatic heterocycles. The molecule has 7 heteroatoms. The first kappa shape index (κ1) is 13.8. The van der Waals surface area contributed by atoms with Gasteiger partial charge in [-0.2, -0.15) is 0 Å². The van der Waals surface area contributed by atoms with Gasteiger partial charge in [0.25, 0.3) is 5.56 Å². The number of carboxylic acid groups (broad SMARTS) is 2. The molecular formula is C13H8ClNO5. The van der Waals surface area contributed by atoms with Crippen LogP contribution in [0.3, 0.4) is 0 Å². The normalized spacial score (nSPS) is 10.2. The molecule has 0 bridgehead atoms. The monoisotopic (exact) mass is 293 g/mol. The van der Waals surface area contributed by atoms with Crippen molar-refractivity contribution in [2.45, 2.75) is 0 Å². The number of aromatic nitrogens is 1. The number of aromatic amines is 1. The third-order valence-electron chi connectivity index (χ3n) is 2.63. The van der Waals surface area contributed by atoms with Crippen LogP contribution in [0, 0.1) is 0 Å². The van der Waals surface area contributed by atoms with Gasteiger partial charge in [-0.3, -0.25) is 4.79 Å². The molecule has 6 nitrogen and oxygen atoms in total. The molecular weight excluding hydrogens is 286 g/mol. The number of carboxylic acids is 2. The Balaban J connectivity index is 2.72. The molecule has 0 saturated heterocycles. The van der Waals surface area contributed by atoms with Gasteiger partial charge < -0.3 is 15.2 Å². The number of hydrogen-bond acceptors (Lipinski definition) is 3. The molecule has 0 spiro atoms. The third-order valence-corrected chi connectivity index (χ3v) is 2.89. The maximum Gasteiger partial charge on any atom is 0.341 e. The van der Waals surface area contributed by atoms with E-state index in [2.05, 4.69) is 4.98 Å². The third kappa shape index (κ3) is 2.55. The summed E-state index contributed by atoms with van der Waals surface area (Å²) in [5, 5.41) is 18.4. The van der Waals surface area contributed by atoms with Crippen molar-refractivity contribution in [2.75, 3.05) is 0 Å². The largest absolute Gasteiger partial charge is 0.478 e. The highest BCUT2D eigenvalue weighted by Crippen LogP contribution is 2.23. The summed E-state index contributed by atoms with van der Waals surface area (Å²) in [5.74, 6) is -2.83. The number of pyridine rings is 1. The topological polar surface area (TPSA) is 107 Å². The van der Waals surface area contributed by atoms with Crippen molar-refractivity contribution in [3.05, 3.63) is 56.8 Å². The lowest BCUT2D eigenvalue weighted by Gasteiger charge is -2.07.